The van der Waals surface area contributed by atoms with Crippen molar-refractivity contribution in [2.24, 2.45) is 0 Å². The van der Waals surface area contributed by atoms with E-state index in [9.17, 15) is 13.2 Å². The van der Waals surface area contributed by atoms with Gasteiger partial charge in [0.05, 0.1) is 29.1 Å². The topological polar surface area (TPSA) is 63.7 Å². The highest BCUT2D eigenvalue weighted by Gasteiger charge is 2.25. The Bertz CT molecular complexity index is 1080. The van der Waals surface area contributed by atoms with Crippen LogP contribution in [0.15, 0.2) is 88.7 Å². The maximum atomic E-state index is 13.2. The first-order valence-electron chi connectivity index (χ1n) is 8.74. The van der Waals surface area contributed by atoms with Gasteiger partial charge in [0.1, 0.15) is 5.75 Å². The predicted molar refractivity (Wildman–Crippen MR) is 108 cm³/mol. The van der Waals surface area contributed by atoms with Crippen LogP contribution < -0.4 is 9.64 Å². The normalized spacial score (nSPS) is 11.1. The van der Waals surface area contributed by atoms with E-state index in [2.05, 4.69) is 0 Å². The lowest BCUT2D eigenvalue weighted by atomic mass is 10.1. The van der Waals surface area contributed by atoms with Crippen LogP contribution in [0, 0.1) is 0 Å². The third kappa shape index (κ3) is 3.92. The molecule has 0 fully saturated rings. The van der Waals surface area contributed by atoms with Gasteiger partial charge in [-0.15, -0.1) is 0 Å². The summed E-state index contributed by atoms with van der Waals surface area (Å²) in [6, 6.07) is 22.1. The van der Waals surface area contributed by atoms with E-state index in [4.69, 9.17) is 4.74 Å². The number of carbonyl (C=O) groups excluding carboxylic acids is 1. The van der Waals surface area contributed by atoms with E-state index < -0.39 is 9.84 Å². The maximum absolute atomic E-state index is 13.2. The van der Waals surface area contributed by atoms with Gasteiger partial charge in [0.2, 0.25) is 15.7 Å². The van der Waals surface area contributed by atoms with E-state index in [0.717, 1.165) is 5.56 Å². The van der Waals surface area contributed by atoms with Gasteiger partial charge in [-0.25, -0.2) is 8.42 Å². The maximum Gasteiger partial charge on any atom is 0.224 e. The van der Waals surface area contributed by atoms with E-state index in [0.29, 0.717) is 11.4 Å². The summed E-state index contributed by atoms with van der Waals surface area (Å²) in [7, 11) is -2.22. The largest absolute Gasteiger partial charge is 0.496 e. The standard InChI is InChI=1S/C22H21NO4S/c1-17(24)23(16-18-10-6-8-14-21(18)27-2)20-13-7-9-15-22(20)28(25,26)19-11-4-3-5-12-19/h3-15H,16H2,1-2H3. The third-order valence-electron chi connectivity index (χ3n) is 4.40. The number of anilines is 1. The summed E-state index contributed by atoms with van der Waals surface area (Å²) in [6.07, 6.45) is 0. The van der Waals surface area contributed by atoms with E-state index >= 15 is 0 Å². The number of carbonyl (C=O) groups is 1. The Hall–Kier alpha value is -3.12. The molecule has 3 aromatic rings. The van der Waals surface area contributed by atoms with Gasteiger partial charge in [0.25, 0.3) is 0 Å². The number of methoxy groups -OCH3 is 1. The van der Waals surface area contributed by atoms with Crippen molar-refractivity contribution in [2.75, 3.05) is 12.0 Å². The van der Waals surface area contributed by atoms with Gasteiger partial charge < -0.3 is 9.64 Å². The van der Waals surface area contributed by atoms with Crippen LogP contribution in [0.5, 0.6) is 5.75 Å². The number of benzene rings is 3. The average Bonchev–Trinajstić information content (AvgIpc) is 2.72. The van der Waals surface area contributed by atoms with Gasteiger partial charge in [-0.2, -0.15) is 0 Å². The second-order valence-electron chi connectivity index (χ2n) is 6.20. The zero-order valence-electron chi connectivity index (χ0n) is 15.7. The Morgan fingerprint density at radius 3 is 2.18 bits per heavy atom. The van der Waals surface area contributed by atoms with Crippen molar-refractivity contribution in [3.63, 3.8) is 0 Å². The molecule has 0 aliphatic carbocycles. The second kappa shape index (κ2) is 8.27. The van der Waals surface area contributed by atoms with Crippen LogP contribution in [-0.4, -0.2) is 21.4 Å². The molecule has 0 radical (unpaired) electrons. The summed E-state index contributed by atoms with van der Waals surface area (Å²) in [4.78, 5) is 14.2. The molecule has 0 atom stereocenters. The van der Waals surface area contributed by atoms with Crippen LogP contribution in [0.4, 0.5) is 5.69 Å². The van der Waals surface area contributed by atoms with Crippen molar-refractivity contribution < 1.29 is 17.9 Å². The van der Waals surface area contributed by atoms with Gasteiger partial charge in [-0.1, -0.05) is 48.5 Å². The minimum absolute atomic E-state index is 0.0892. The van der Waals surface area contributed by atoms with Crippen LogP contribution >= 0.6 is 0 Å². The molecule has 1 amide bonds. The van der Waals surface area contributed by atoms with Crippen molar-refractivity contribution in [2.45, 2.75) is 23.3 Å². The Kier molecular flexibility index (Phi) is 5.80. The van der Waals surface area contributed by atoms with Gasteiger partial charge in [-0.05, 0) is 30.3 Å². The molecule has 6 heteroatoms. The molecule has 3 rings (SSSR count). The van der Waals surface area contributed by atoms with Crippen molar-refractivity contribution in [3.05, 3.63) is 84.4 Å². The minimum atomic E-state index is -3.78. The highest BCUT2D eigenvalue weighted by atomic mass is 32.2. The van der Waals surface area contributed by atoms with Crippen LogP contribution in [0.25, 0.3) is 0 Å². The van der Waals surface area contributed by atoms with Crippen molar-refractivity contribution in [3.8, 4) is 5.75 Å². The van der Waals surface area contributed by atoms with Crippen molar-refractivity contribution >= 4 is 21.4 Å². The first-order chi connectivity index (χ1) is 13.4. The first-order valence-corrected chi connectivity index (χ1v) is 10.2. The molecule has 0 spiro atoms. The summed E-state index contributed by atoms with van der Waals surface area (Å²) in [5.74, 6) is 0.374. The van der Waals surface area contributed by atoms with Crippen LogP contribution in [0.3, 0.4) is 0 Å². The number of hydrogen-bond donors (Lipinski definition) is 0. The molecule has 0 saturated heterocycles. The monoisotopic (exact) mass is 395 g/mol. The third-order valence-corrected chi connectivity index (χ3v) is 6.22. The minimum Gasteiger partial charge on any atom is -0.496 e. The lowest BCUT2D eigenvalue weighted by Gasteiger charge is -2.25. The summed E-state index contributed by atoms with van der Waals surface area (Å²) in [6.45, 7) is 1.61. The summed E-state index contributed by atoms with van der Waals surface area (Å²) < 4.78 is 31.8. The Morgan fingerprint density at radius 2 is 1.50 bits per heavy atom. The number of ether oxygens (including phenoxy) is 1. The summed E-state index contributed by atoms with van der Waals surface area (Å²) in [5, 5.41) is 0. The highest BCUT2D eigenvalue weighted by Crippen LogP contribution is 2.32. The number of para-hydroxylation sites is 2. The molecular formula is C22H21NO4S. The van der Waals surface area contributed by atoms with Gasteiger partial charge >= 0.3 is 0 Å². The fourth-order valence-electron chi connectivity index (χ4n) is 3.00. The van der Waals surface area contributed by atoms with E-state index in [1.54, 1.807) is 61.7 Å². The molecular weight excluding hydrogens is 374 g/mol. The quantitative estimate of drug-likeness (QED) is 0.631. The molecule has 5 nitrogen and oxygen atoms in total. The Morgan fingerprint density at radius 1 is 0.893 bits per heavy atom. The number of amides is 1. The van der Waals surface area contributed by atoms with Gasteiger partial charge in [0.15, 0.2) is 0 Å². The molecule has 0 aliphatic rings. The van der Waals surface area contributed by atoms with Crippen LogP contribution in [-0.2, 0) is 21.2 Å². The molecule has 0 unspecified atom stereocenters. The lowest BCUT2D eigenvalue weighted by molar-refractivity contribution is -0.116. The SMILES string of the molecule is COc1ccccc1CN(C(C)=O)c1ccccc1S(=O)(=O)c1ccccc1. The molecule has 0 bridgehead atoms. The molecule has 0 aliphatic heterocycles. The number of hydrogen-bond acceptors (Lipinski definition) is 4. The average molecular weight is 395 g/mol. The van der Waals surface area contributed by atoms with Crippen molar-refractivity contribution in [1.82, 2.24) is 0 Å². The number of rotatable bonds is 6. The molecule has 0 aromatic heterocycles. The smallest absolute Gasteiger partial charge is 0.224 e. The Labute approximate surface area is 165 Å². The first kappa shape index (κ1) is 19.6. The lowest BCUT2D eigenvalue weighted by Crippen LogP contribution is -2.29. The van der Waals surface area contributed by atoms with E-state index in [1.807, 2.05) is 18.2 Å². The van der Waals surface area contributed by atoms with E-state index in [-0.39, 0.29) is 22.2 Å². The molecule has 0 saturated carbocycles. The molecule has 0 heterocycles. The zero-order valence-corrected chi connectivity index (χ0v) is 16.5. The number of nitrogens with zero attached hydrogens (tertiary/aromatic N) is 1. The fourth-order valence-corrected chi connectivity index (χ4v) is 4.48. The Balaban J connectivity index is 2.10. The van der Waals surface area contributed by atoms with Crippen LogP contribution in [0.2, 0.25) is 0 Å². The van der Waals surface area contributed by atoms with E-state index in [1.165, 1.54) is 17.9 Å². The summed E-state index contributed by atoms with van der Waals surface area (Å²) >= 11 is 0. The second-order valence-corrected chi connectivity index (χ2v) is 8.12. The highest BCUT2D eigenvalue weighted by molar-refractivity contribution is 7.91. The van der Waals surface area contributed by atoms with Gasteiger partial charge in [0, 0.05) is 12.5 Å². The molecule has 28 heavy (non-hydrogen) atoms. The van der Waals surface area contributed by atoms with Gasteiger partial charge in [-0.3, -0.25) is 4.79 Å². The van der Waals surface area contributed by atoms with Crippen LogP contribution in [0.1, 0.15) is 12.5 Å². The molecule has 144 valence electrons. The number of sulfone groups is 1. The fraction of sp³-hybridized carbons (Fsp3) is 0.136. The summed E-state index contributed by atoms with van der Waals surface area (Å²) in [5.41, 5.74) is 1.12. The molecule has 3 aromatic carbocycles. The predicted octanol–water partition coefficient (Wildman–Crippen LogP) is 4.08. The zero-order chi connectivity index (χ0) is 20.1. The molecule has 0 N–H and O–H groups in total. The van der Waals surface area contributed by atoms with Crippen molar-refractivity contribution in [1.29, 1.82) is 0 Å².